The minimum Gasteiger partial charge on any atom is -0.491 e. The van der Waals surface area contributed by atoms with Crippen molar-refractivity contribution in [2.75, 3.05) is 106 Å². The Morgan fingerprint density at radius 2 is 0.720 bits per heavy atom. The third-order valence-electron chi connectivity index (χ3n) is 7.95. The summed E-state index contributed by atoms with van der Waals surface area (Å²) in [5.74, 6) is 0.718. The molecule has 0 spiro atoms. The molecule has 0 atom stereocenters. The topological polar surface area (TPSA) is 100 Å². The Labute approximate surface area is 304 Å². The van der Waals surface area contributed by atoms with E-state index < -0.39 is 0 Å². The van der Waals surface area contributed by atoms with E-state index in [2.05, 4.69) is 6.92 Å². The van der Waals surface area contributed by atoms with E-state index in [1.165, 1.54) is 83.5 Å². The quantitative estimate of drug-likeness (QED) is 0.0491. The number of carbonyl (C=O) groups is 1. The van der Waals surface area contributed by atoms with Crippen molar-refractivity contribution in [3.8, 4) is 5.75 Å². The van der Waals surface area contributed by atoms with E-state index in [-0.39, 0.29) is 5.97 Å². The summed E-state index contributed by atoms with van der Waals surface area (Å²) in [6.07, 6.45) is 20.3. The van der Waals surface area contributed by atoms with Gasteiger partial charge in [-0.05, 0) is 18.6 Å². The fraction of sp³-hybridized carbons (Fsp3) is 0.825. The highest BCUT2D eigenvalue weighted by Gasteiger charge is 2.03. The van der Waals surface area contributed by atoms with Crippen LogP contribution in [-0.2, 0) is 42.7 Å². The van der Waals surface area contributed by atoms with Crippen LogP contribution in [0, 0.1) is 0 Å². The van der Waals surface area contributed by atoms with Crippen LogP contribution < -0.4 is 4.74 Å². The number of carbonyl (C=O) groups excluding carboxylic acids is 1. The van der Waals surface area contributed by atoms with Crippen LogP contribution in [0.25, 0.3) is 0 Å². The Bertz CT molecular complexity index is 798. The van der Waals surface area contributed by atoms with E-state index in [0.717, 1.165) is 18.6 Å². The maximum absolute atomic E-state index is 11.9. The molecule has 0 bridgehead atoms. The Hall–Kier alpha value is -1.79. The second-order valence-corrected chi connectivity index (χ2v) is 12.4. The van der Waals surface area contributed by atoms with Crippen LogP contribution in [0.4, 0.5) is 0 Å². The van der Waals surface area contributed by atoms with Crippen LogP contribution in [0.3, 0.4) is 0 Å². The Morgan fingerprint density at radius 1 is 0.400 bits per heavy atom. The molecule has 0 fully saturated rings. The highest BCUT2D eigenvalue weighted by molar-refractivity contribution is 5.69. The number of hydrogen-bond donors (Lipinski definition) is 0. The summed E-state index contributed by atoms with van der Waals surface area (Å²) in [7, 11) is 0. The molecular formula is C40H72O10. The molecule has 0 heterocycles. The monoisotopic (exact) mass is 713 g/mol. The minimum absolute atomic E-state index is 0.127. The number of unbranched alkanes of at least 4 members (excludes halogenated alkanes) is 14. The van der Waals surface area contributed by atoms with Crippen LogP contribution >= 0.6 is 0 Å². The van der Waals surface area contributed by atoms with Gasteiger partial charge >= 0.3 is 5.97 Å². The molecule has 1 rings (SSSR count). The predicted molar refractivity (Wildman–Crippen MR) is 198 cm³/mol. The van der Waals surface area contributed by atoms with Crippen molar-refractivity contribution in [2.24, 2.45) is 0 Å². The maximum atomic E-state index is 11.9. The highest BCUT2D eigenvalue weighted by Crippen LogP contribution is 2.14. The molecule has 50 heavy (non-hydrogen) atoms. The van der Waals surface area contributed by atoms with Gasteiger partial charge in [0.25, 0.3) is 0 Å². The van der Waals surface area contributed by atoms with Crippen molar-refractivity contribution in [1.29, 1.82) is 0 Å². The van der Waals surface area contributed by atoms with Gasteiger partial charge in [0.05, 0.1) is 92.5 Å². The van der Waals surface area contributed by atoms with E-state index in [1.54, 1.807) is 0 Å². The first-order valence-electron chi connectivity index (χ1n) is 19.7. The SMILES string of the molecule is CCCCCCCCCCCCCCCCCC(=O)OCCOCCOCCOCCOCCOCCOCCOCCOc1ccccc1. The van der Waals surface area contributed by atoms with Crippen molar-refractivity contribution in [2.45, 2.75) is 110 Å². The van der Waals surface area contributed by atoms with Gasteiger partial charge in [0.15, 0.2) is 0 Å². The zero-order valence-electron chi connectivity index (χ0n) is 31.6. The summed E-state index contributed by atoms with van der Waals surface area (Å²) in [6.45, 7) is 10.0. The zero-order valence-corrected chi connectivity index (χ0v) is 31.6. The van der Waals surface area contributed by atoms with E-state index in [9.17, 15) is 4.79 Å². The molecular weight excluding hydrogens is 640 g/mol. The van der Waals surface area contributed by atoms with E-state index in [0.29, 0.717) is 112 Å². The maximum Gasteiger partial charge on any atom is 0.305 e. The number of ether oxygens (including phenoxy) is 9. The smallest absolute Gasteiger partial charge is 0.305 e. The normalized spacial score (nSPS) is 11.3. The van der Waals surface area contributed by atoms with Crippen LogP contribution in [0.1, 0.15) is 110 Å². The second kappa shape index (κ2) is 40.0. The summed E-state index contributed by atoms with van der Waals surface area (Å²) < 4.78 is 49.2. The van der Waals surface area contributed by atoms with Crippen LogP contribution in [-0.4, -0.2) is 112 Å². The molecule has 10 nitrogen and oxygen atoms in total. The standard InChI is InChI=1S/C40H72O10/c1-2-3-4-5-6-7-8-9-10-11-12-13-14-15-19-22-40(41)50-38-36-48-34-32-46-30-28-44-26-24-42-23-25-43-27-29-45-31-33-47-35-37-49-39-20-17-16-18-21-39/h16-18,20-21H,2-15,19,22-38H2,1H3. The molecule has 1 aromatic rings. The van der Waals surface area contributed by atoms with Crippen molar-refractivity contribution < 1.29 is 47.4 Å². The molecule has 0 saturated heterocycles. The average Bonchev–Trinajstić information content (AvgIpc) is 3.13. The molecule has 0 N–H and O–H groups in total. The van der Waals surface area contributed by atoms with Crippen molar-refractivity contribution >= 4 is 5.97 Å². The van der Waals surface area contributed by atoms with Gasteiger partial charge < -0.3 is 42.6 Å². The molecule has 0 aliphatic heterocycles. The largest absolute Gasteiger partial charge is 0.491 e. The molecule has 0 radical (unpaired) electrons. The van der Waals surface area contributed by atoms with Crippen molar-refractivity contribution in [3.05, 3.63) is 30.3 Å². The first-order chi connectivity index (χ1) is 24.8. The van der Waals surface area contributed by atoms with Gasteiger partial charge in [-0.25, -0.2) is 0 Å². The minimum atomic E-state index is -0.127. The number of rotatable bonds is 41. The van der Waals surface area contributed by atoms with Gasteiger partial charge in [-0.15, -0.1) is 0 Å². The number of para-hydroxylation sites is 1. The van der Waals surface area contributed by atoms with Gasteiger partial charge in [-0.3, -0.25) is 4.79 Å². The lowest BCUT2D eigenvalue weighted by Gasteiger charge is -2.09. The van der Waals surface area contributed by atoms with E-state index in [1.807, 2.05) is 30.3 Å². The second-order valence-electron chi connectivity index (χ2n) is 12.4. The first-order valence-corrected chi connectivity index (χ1v) is 19.7. The Kier molecular flexibility index (Phi) is 37.0. The van der Waals surface area contributed by atoms with Crippen molar-refractivity contribution in [1.82, 2.24) is 0 Å². The fourth-order valence-corrected chi connectivity index (χ4v) is 5.08. The van der Waals surface area contributed by atoms with Gasteiger partial charge in [-0.2, -0.15) is 0 Å². The molecule has 10 heteroatoms. The van der Waals surface area contributed by atoms with Crippen LogP contribution in [0.2, 0.25) is 0 Å². The van der Waals surface area contributed by atoms with E-state index in [4.69, 9.17) is 42.6 Å². The first kappa shape index (κ1) is 46.2. The lowest BCUT2D eigenvalue weighted by molar-refractivity contribution is -0.145. The molecule has 1 aromatic carbocycles. The molecule has 0 saturated carbocycles. The highest BCUT2D eigenvalue weighted by atomic mass is 16.6. The predicted octanol–water partition coefficient (Wildman–Crippen LogP) is 7.99. The average molecular weight is 713 g/mol. The summed E-state index contributed by atoms with van der Waals surface area (Å²) in [5, 5.41) is 0. The summed E-state index contributed by atoms with van der Waals surface area (Å²) in [6, 6.07) is 9.68. The fourth-order valence-electron chi connectivity index (χ4n) is 5.08. The van der Waals surface area contributed by atoms with Gasteiger partial charge in [0.2, 0.25) is 0 Å². The van der Waals surface area contributed by atoms with Gasteiger partial charge in [0.1, 0.15) is 19.0 Å². The Balaban J connectivity index is 1.65. The third kappa shape index (κ3) is 36.0. The summed E-state index contributed by atoms with van der Waals surface area (Å²) in [4.78, 5) is 11.9. The summed E-state index contributed by atoms with van der Waals surface area (Å²) in [5.41, 5.74) is 0. The number of esters is 1. The number of hydrogen-bond acceptors (Lipinski definition) is 10. The van der Waals surface area contributed by atoms with Gasteiger partial charge in [0, 0.05) is 6.42 Å². The Morgan fingerprint density at radius 3 is 1.10 bits per heavy atom. The molecule has 292 valence electrons. The van der Waals surface area contributed by atoms with E-state index >= 15 is 0 Å². The van der Waals surface area contributed by atoms with Crippen LogP contribution in [0.5, 0.6) is 5.75 Å². The lowest BCUT2D eigenvalue weighted by atomic mass is 10.0. The molecule has 0 aliphatic rings. The van der Waals surface area contributed by atoms with Crippen LogP contribution in [0.15, 0.2) is 30.3 Å². The molecule has 0 unspecified atom stereocenters. The summed E-state index contributed by atoms with van der Waals surface area (Å²) >= 11 is 0. The zero-order chi connectivity index (χ0) is 35.7. The number of benzene rings is 1. The molecule has 0 aliphatic carbocycles. The van der Waals surface area contributed by atoms with Crippen molar-refractivity contribution in [3.63, 3.8) is 0 Å². The molecule has 0 amide bonds. The lowest BCUT2D eigenvalue weighted by Crippen LogP contribution is -2.15. The van der Waals surface area contributed by atoms with Gasteiger partial charge in [-0.1, -0.05) is 115 Å². The molecule has 0 aromatic heterocycles. The third-order valence-corrected chi connectivity index (χ3v) is 7.95.